The lowest BCUT2D eigenvalue weighted by Crippen LogP contribution is -2.49. The largest absolute Gasteiger partial charge is 0.409 e. The number of alkyl halides is 6. The number of amides is 1. The summed E-state index contributed by atoms with van der Waals surface area (Å²) in [4.78, 5) is 10.9. The van der Waals surface area contributed by atoms with Crippen molar-refractivity contribution in [2.75, 3.05) is 0 Å². The van der Waals surface area contributed by atoms with Gasteiger partial charge in [0.25, 0.3) is 0 Å². The van der Waals surface area contributed by atoms with Crippen LogP contribution in [-0.2, 0) is 4.79 Å². The molecule has 0 radical (unpaired) electrons. The third-order valence-corrected chi connectivity index (χ3v) is 1.92. The van der Waals surface area contributed by atoms with Crippen LogP contribution in [0.4, 0.5) is 26.3 Å². The summed E-state index contributed by atoms with van der Waals surface area (Å²) in [6.45, 7) is 2.85. The standard InChI is InChI=1S/C8H11F6NO/c1-3-4(2)15-6(16)5(7(9,10)11)8(12,13)14/h4-5H,3H2,1-2H3,(H,15,16)/t4-/m1/s1. The first-order valence-electron chi connectivity index (χ1n) is 4.44. The molecule has 0 aliphatic carbocycles. The normalized spacial score (nSPS) is 15.1. The minimum absolute atomic E-state index is 0.244. The highest BCUT2D eigenvalue weighted by molar-refractivity contribution is 5.80. The molecule has 16 heavy (non-hydrogen) atoms. The van der Waals surface area contributed by atoms with E-state index in [2.05, 4.69) is 0 Å². The van der Waals surface area contributed by atoms with Crippen molar-refractivity contribution in [3.63, 3.8) is 0 Å². The van der Waals surface area contributed by atoms with Crippen LogP contribution in [0.2, 0.25) is 0 Å². The number of rotatable bonds is 3. The molecule has 0 saturated heterocycles. The van der Waals surface area contributed by atoms with Crippen LogP contribution < -0.4 is 5.32 Å². The van der Waals surface area contributed by atoms with Gasteiger partial charge in [0.15, 0.2) is 0 Å². The molecule has 0 bridgehead atoms. The highest BCUT2D eigenvalue weighted by atomic mass is 19.4. The number of halogens is 6. The summed E-state index contributed by atoms with van der Waals surface area (Å²) in [7, 11) is 0. The molecule has 0 aliphatic rings. The fraction of sp³-hybridized carbons (Fsp3) is 0.875. The van der Waals surface area contributed by atoms with E-state index in [9.17, 15) is 31.1 Å². The molecule has 0 unspecified atom stereocenters. The van der Waals surface area contributed by atoms with Crippen LogP contribution in [0.25, 0.3) is 0 Å². The predicted molar refractivity (Wildman–Crippen MR) is 43.5 cm³/mol. The molecule has 2 nitrogen and oxygen atoms in total. The Hall–Kier alpha value is -0.950. The summed E-state index contributed by atoms with van der Waals surface area (Å²) in [5.74, 6) is -6.02. The van der Waals surface area contributed by atoms with Gasteiger partial charge in [-0.2, -0.15) is 26.3 Å². The van der Waals surface area contributed by atoms with E-state index in [4.69, 9.17) is 0 Å². The molecule has 0 rings (SSSR count). The summed E-state index contributed by atoms with van der Waals surface area (Å²) < 4.78 is 72.2. The highest BCUT2D eigenvalue weighted by Crippen LogP contribution is 2.39. The van der Waals surface area contributed by atoms with Gasteiger partial charge in [0.05, 0.1) is 0 Å². The highest BCUT2D eigenvalue weighted by Gasteiger charge is 2.61. The topological polar surface area (TPSA) is 29.1 Å². The van der Waals surface area contributed by atoms with E-state index in [-0.39, 0.29) is 6.42 Å². The van der Waals surface area contributed by atoms with E-state index in [0.29, 0.717) is 0 Å². The maximum Gasteiger partial charge on any atom is 0.409 e. The van der Waals surface area contributed by atoms with Gasteiger partial charge in [0, 0.05) is 6.04 Å². The van der Waals surface area contributed by atoms with E-state index >= 15 is 0 Å². The molecule has 8 heteroatoms. The van der Waals surface area contributed by atoms with Gasteiger partial charge < -0.3 is 5.32 Å². The van der Waals surface area contributed by atoms with Crippen LogP contribution >= 0.6 is 0 Å². The van der Waals surface area contributed by atoms with Crippen molar-refractivity contribution >= 4 is 5.91 Å². The van der Waals surface area contributed by atoms with Crippen LogP contribution in [0.3, 0.4) is 0 Å². The molecule has 0 aromatic carbocycles. The van der Waals surface area contributed by atoms with E-state index in [1.165, 1.54) is 13.8 Å². The molecule has 0 aromatic heterocycles. The lowest BCUT2D eigenvalue weighted by atomic mass is 10.1. The van der Waals surface area contributed by atoms with Crippen molar-refractivity contribution in [3.05, 3.63) is 0 Å². The Bertz CT molecular complexity index is 232. The molecule has 1 amide bonds. The molecule has 1 atom stereocenters. The fourth-order valence-corrected chi connectivity index (χ4v) is 0.911. The SMILES string of the molecule is CC[C@@H](C)NC(=O)C(C(F)(F)F)C(F)(F)F. The third-order valence-electron chi connectivity index (χ3n) is 1.92. The molecule has 96 valence electrons. The zero-order valence-corrected chi connectivity index (χ0v) is 8.54. The van der Waals surface area contributed by atoms with Crippen LogP contribution in [0, 0.1) is 5.92 Å². The average Bonchev–Trinajstić information content (AvgIpc) is 1.97. The molecule has 0 aliphatic heterocycles. The van der Waals surface area contributed by atoms with Crippen LogP contribution in [0.15, 0.2) is 0 Å². The fourth-order valence-electron chi connectivity index (χ4n) is 0.911. The number of hydrogen-bond acceptors (Lipinski definition) is 1. The van der Waals surface area contributed by atoms with Gasteiger partial charge in [-0.05, 0) is 13.3 Å². The summed E-state index contributed by atoms with van der Waals surface area (Å²) in [6.07, 6.45) is -11.0. The minimum Gasteiger partial charge on any atom is -0.353 e. The lowest BCUT2D eigenvalue weighted by molar-refractivity contribution is -0.274. The van der Waals surface area contributed by atoms with Gasteiger partial charge in [-0.1, -0.05) is 6.92 Å². The zero-order chi connectivity index (χ0) is 13.1. The van der Waals surface area contributed by atoms with Crippen molar-refractivity contribution in [1.82, 2.24) is 5.32 Å². The number of carbonyl (C=O) groups is 1. The van der Waals surface area contributed by atoms with Crippen molar-refractivity contribution in [2.24, 2.45) is 5.92 Å². The first-order chi connectivity index (χ1) is 7.00. The number of nitrogens with one attached hydrogen (secondary N) is 1. The summed E-state index contributed by atoms with van der Waals surface area (Å²) in [6, 6.07) is -0.736. The maximum atomic E-state index is 12.0. The van der Waals surface area contributed by atoms with E-state index in [0.717, 1.165) is 0 Å². The Morgan fingerprint density at radius 2 is 1.50 bits per heavy atom. The molecule has 1 N–H and O–H groups in total. The Morgan fingerprint density at radius 1 is 1.12 bits per heavy atom. The Morgan fingerprint density at radius 3 is 1.75 bits per heavy atom. The quantitative estimate of drug-likeness (QED) is 0.767. The van der Waals surface area contributed by atoms with E-state index < -0.39 is 30.2 Å². The Kier molecular flexibility index (Phi) is 4.63. The van der Waals surface area contributed by atoms with Gasteiger partial charge >= 0.3 is 12.4 Å². The van der Waals surface area contributed by atoms with E-state index in [1.54, 1.807) is 5.32 Å². The zero-order valence-electron chi connectivity index (χ0n) is 8.54. The monoisotopic (exact) mass is 251 g/mol. The second-order valence-electron chi connectivity index (χ2n) is 3.33. The van der Waals surface area contributed by atoms with Gasteiger partial charge in [-0.3, -0.25) is 4.79 Å². The Labute approximate surface area is 88.0 Å². The van der Waals surface area contributed by atoms with Gasteiger partial charge in [0.2, 0.25) is 11.8 Å². The molecule has 0 aromatic rings. The molecular weight excluding hydrogens is 240 g/mol. The lowest BCUT2D eigenvalue weighted by Gasteiger charge is -2.23. The second-order valence-corrected chi connectivity index (χ2v) is 3.33. The number of hydrogen-bond donors (Lipinski definition) is 1. The first kappa shape index (κ1) is 15.0. The van der Waals surface area contributed by atoms with Crippen LogP contribution in [-0.4, -0.2) is 24.3 Å². The first-order valence-corrected chi connectivity index (χ1v) is 4.44. The summed E-state index contributed by atoms with van der Waals surface area (Å²) >= 11 is 0. The van der Waals surface area contributed by atoms with E-state index in [1.807, 2.05) is 0 Å². The molecule has 0 fully saturated rings. The van der Waals surface area contributed by atoms with Crippen molar-refractivity contribution in [1.29, 1.82) is 0 Å². The summed E-state index contributed by atoms with van der Waals surface area (Å²) in [5.41, 5.74) is 0. The predicted octanol–water partition coefficient (Wildman–Crippen LogP) is 2.64. The Balaban J connectivity index is 4.87. The van der Waals surface area contributed by atoms with Crippen LogP contribution in [0.5, 0.6) is 0 Å². The van der Waals surface area contributed by atoms with Gasteiger partial charge in [-0.15, -0.1) is 0 Å². The molecule has 0 saturated carbocycles. The van der Waals surface area contributed by atoms with Crippen molar-refractivity contribution < 1.29 is 31.1 Å². The molecule has 0 heterocycles. The van der Waals surface area contributed by atoms with Crippen LogP contribution in [0.1, 0.15) is 20.3 Å². The third kappa shape index (κ3) is 4.28. The summed E-state index contributed by atoms with van der Waals surface area (Å²) in [5, 5.41) is 1.66. The maximum absolute atomic E-state index is 12.0. The molecule has 0 spiro atoms. The average molecular weight is 251 g/mol. The smallest absolute Gasteiger partial charge is 0.353 e. The van der Waals surface area contributed by atoms with Crippen molar-refractivity contribution in [3.8, 4) is 0 Å². The number of carbonyl (C=O) groups excluding carboxylic acids is 1. The van der Waals surface area contributed by atoms with Gasteiger partial charge in [0.1, 0.15) is 0 Å². The minimum atomic E-state index is -5.63. The van der Waals surface area contributed by atoms with Gasteiger partial charge in [-0.25, -0.2) is 0 Å². The molecular formula is C8H11F6NO. The van der Waals surface area contributed by atoms with Crippen molar-refractivity contribution in [2.45, 2.75) is 38.7 Å². The second kappa shape index (κ2) is 4.92.